The van der Waals surface area contributed by atoms with Crippen LogP contribution in [0.4, 0.5) is 0 Å². The van der Waals surface area contributed by atoms with E-state index in [1.807, 2.05) is 0 Å². The second kappa shape index (κ2) is 6.58. The van der Waals surface area contributed by atoms with E-state index in [0.717, 1.165) is 26.2 Å². The van der Waals surface area contributed by atoms with Crippen LogP contribution in [0.1, 0.15) is 17.5 Å². The van der Waals surface area contributed by atoms with Gasteiger partial charge in [-0.2, -0.15) is 0 Å². The summed E-state index contributed by atoms with van der Waals surface area (Å²) in [5.41, 5.74) is 2.62. The minimum atomic E-state index is 1.07. The molecule has 0 radical (unpaired) electrons. The molecule has 1 aliphatic heterocycles. The molecule has 1 fully saturated rings. The molecule has 1 aromatic carbocycles. The van der Waals surface area contributed by atoms with Crippen LogP contribution in [0.3, 0.4) is 0 Å². The van der Waals surface area contributed by atoms with Gasteiger partial charge < -0.3 is 5.32 Å². The molecule has 1 aromatic rings. The Kier molecular flexibility index (Phi) is 4.77. The van der Waals surface area contributed by atoms with Crippen molar-refractivity contribution in [2.45, 2.75) is 13.3 Å². The first-order valence-electron chi connectivity index (χ1n) is 6.51. The first kappa shape index (κ1) is 12.3. The highest BCUT2D eigenvalue weighted by Crippen LogP contribution is 2.05. The lowest BCUT2D eigenvalue weighted by Gasteiger charge is -2.16. The number of rotatable bonds is 3. The predicted octanol–water partition coefficient (Wildman–Crippen LogP) is 2.30. The zero-order valence-electron chi connectivity index (χ0n) is 10.7. The van der Waals surface area contributed by atoms with Gasteiger partial charge in [0.05, 0.1) is 0 Å². The van der Waals surface area contributed by atoms with E-state index in [0.29, 0.717) is 0 Å². The summed E-state index contributed by atoms with van der Waals surface area (Å²) >= 11 is 0. The molecule has 1 N–H and O–H groups in total. The number of nitrogens with one attached hydrogen (secondary N) is 1. The van der Waals surface area contributed by atoms with Crippen molar-refractivity contribution in [2.24, 2.45) is 0 Å². The van der Waals surface area contributed by atoms with Gasteiger partial charge in [-0.15, -0.1) is 0 Å². The van der Waals surface area contributed by atoms with E-state index in [4.69, 9.17) is 0 Å². The molecular formula is C15H22N2. The molecule has 0 unspecified atom stereocenters. The quantitative estimate of drug-likeness (QED) is 0.857. The topological polar surface area (TPSA) is 15.3 Å². The lowest BCUT2D eigenvalue weighted by molar-refractivity contribution is 0.324. The normalized spacial score (nSPS) is 18.4. The molecule has 1 heterocycles. The van der Waals surface area contributed by atoms with Crippen LogP contribution in [0.25, 0.3) is 6.08 Å². The zero-order valence-corrected chi connectivity index (χ0v) is 10.7. The van der Waals surface area contributed by atoms with Gasteiger partial charge in [0.2, 0.25) is 0 Å². The third-order valence-corrected chi connectivity index (χ3v) is 3.18. The van der Waals surface area contributed by atoms with E-state index in [9.17, 15) is 0 Å². The van der Waals surface area contributed by atoms with Crippen molar-refractivity contribution in [3.05, 3.63) is 41.5 Å². The number of hydrogen-bond donors (Lipinski definition) is 1. The van der Waals surface area contributed by atoms with Crippen molar-refractivity contribution in [1.82, 2.24) is 10.2 Å². The molecule has 0 spiro atoms. The molecule has 0 saturated carbocycles. The molecule has 1 saturated heterocycles. The van der Waals surface area contributed by atoms with Crippen LogP contribution in [0.5, 0.6) is 0 Å². The lowest BCUT2D eigenvalue weighted by atomic mass is 10.1. The summed E-state index contributed by atoms with van der Waals surface area (Å²) in [6.07, 6.45) is 5.76. The number of benzene rings is 1. The fourth-order valence-corrected chi connectivity index (χ4v) is 2.10. The molecule has 0 amide bonds. The molecule has 0 bridgehead atoms. The summed E-state index contributed by atoms with van der Waals surface area (Å²) in [6.45, 7) is 7.85. The van der Waals surface area contributed by atoms with Gasteiger partial charge in [-0.25, -0.2) is 0 Å². The zero-order chi connectivity index (χ0) is 11.9. The number of nitrogens with zero attached hydrogens (tertiary/aromatic N) is 1. The average molecular weight is 230 g/mol. The number of aryl methyl sites for hydroxylation is 1. The highest BCUT2D eigenvalue weighted by molar-refractivity contribution is 5.49. The van der Waals surface area contributed by atoms with Crippen molar-refractivity contribution in [3.8, 4) is 0 Å². The Morgan fingerprint density at radius 2 is 2.00 bits per heavy atom. The van der Waals surface area contributed by atoms with Crippen molar-refractivity contribution < 1.29 is 0 Å². The first-order valence-corrected chi connectivity index (χ1v) is 6.51. The standard InChI is InChI=1S/C15H22N2/c1-14-5-7-15(8-6-14)4-2-11-17-12-3-9-16-10-13-17/h2,4-8,16H,3,9-13H2,1H3. The lowest BCUT2D eigenvalue weighted by Crippen LogP contribution is -2.28. The average Bonchev–Trinajstić information content (AvgIpc) is 2.60. The van der Waals surface area contributed by atoms with Crippen LogP contribution in [-0.4, -0.2) is 37.6 Å². The molecule has 2 rings (SSSR count). The maximum Gasteiger partial charge on any atom is 0.0167 e. The Morgan fingerprint density at radius 3 is 2.82 bits per heavy atom. The van der Waals surface area contributed by atoms with Crippen LogP contribution in [-0.2, 0) is 0 Å². The van der Waals surface area contributed by atoms with Crippen LogP contribution in [0.15, 0.2) is 30.3 Å². The molecule has 17 heavy (non-hydrogen) atoms. The minimum absolute atomic E-state index is 1.07. The second-order valence-corrected chi connectivity index (χ2v) is 4.72. The van der Waals surface area contributed by atoms with Crippen molar-refractivity contribution in [2.75, 3.05) is 32.7 Å². The molecular weight excluding hydrogens is 208 g/mol. The van der Waals surface area contributed by atoms with Crippen LogP contribution in [0, 0.1) is 6.92 Å². The molecule has 2 heteroatoms. The van der Waals surface area contributed by atoms with E-state index in [2.05, 4.69) is 53.6 Å². The van der Waals surface area contributed by atoms with Crippen molar-refractivity contribution in [3.63, 3.8) is 0 Å². The van der Waals surface area contributed by atoms with Gasteiger partial charge >= 0.3 is 0 Å². The maximum atomic E-state index is 3.43. The Bertz CT molecular complexity index is 346. The molecule has 1 aliphatic rings. The maximum absolute atomic E-state index is 3.43. The van der Waals surface area contributed by atoms with Gasteiger partial charge in [0.15, 0.2) is 0 Å². The Morgan fingerprint density at radius 1 is 1.18 bits per heavy atom. The fourth-order valence-electron chi connectivity index (χ4n) is 2.10. The fraction of sp³-hybridized carbons (Fsp3) is 0.467. The third kappa shape index (κ3) is 4.33. The Balaban J connectivity index is 1.82. The van der Waals surface area contributed by atoms with E-state index in [-0.39, 0.29) is 0 Å². The van der Waals surface area contributed by atoms with Gasteiger partial charge in [-0.1, -0.05) is 42.0 Å². The van der Waals surface area contributed by atoms with Crippen molar-refractivity contribution in [1.29, 1.82) is 0 Å². The summed E-state index contributed by atoms with van der Waals surface area (Å²) in [5.74, 6) is 0. The third-order valence-electron chi connectivity index (χ3n) is 3.18. The molecule has 0 aliphatic carbocycles. The van der Waals surface area contributed by atoms with E-state index >= 15 is 0 Å². The number of hydrogen-bond acceptors (Lipinski definition) is 2. The van der Waals surface area contributed by atoms with Gasteiger partial charge in [0, 0.05) is 19.6 Å². The monoisotopic (exact) mass is 230 g/mol. The van der Waals surface area contributed by atoms with Crippen LogP contribution in [0.2, 0.25) is 0 Å². The highest BCUT2D eigenvalue weighted by atomic mass is 15.1. The predicted molar refractivity (Wildman–Crippen MR) is 74.1 cm³/mol. The van der Waals surface area contributed by atoms with Crippen molar-refractivity contribution >= 4 is 6.08 Å². The van der Waals surface area contributed by atoms with Gasteiger partial charge in [0.25, 0.3) is 0 Å². The summed E-state index contributed by atoms with van der Waals surface area (Å²) < 4.78 is 0. The molecule has 2 nitrogen and oxygen atoms in total. The van der Waals surface area contributed by atoms with Gasteiger partial charge in [-0.3, -0.25) is 4.90 Å². The largest absolute Gasteiger partial charge is 0.315 e. The van der Waals surface area contributed by atoms with E-state index < -0.39 is 0 Å². The second-order valence-electron chi connectivity index (χ2n) is 4.72. The van der Waals surface area contributed by atoms with Crippen LogP contribution >= 0.6 is 0 Å². The van der Waals surface area contributed by atoms with E-state index in [1.54, 1.807) is 0 Å². The smallest absolute Gasteiger partial charge is 0.0167 e. The van der Waals surface area contributed by atoms with Gasteiger partial charge in [-0.05, 0) is 32.0 Å². The SMILES string of the molecule is Cc1ccc(C=CCN2CCCNCC2)cc1. The molecule has 0 atom stereocenters. The summed E-state index contributed by atoms with van der Waals surface area (Å²) in [7, 11) is 0. The Hall–Kier alpha value is -1.12. The molecule has 0 aromatic heterocycles. The summed E-state index contributed by atoms with van der Waals surface area (Å²) in [4.78, 5) is 2.50. The van der Waals surface area contributed by atoms with E-state index in [1.165, 1.54) is 24.1 Å². The Labute approximate surface area is 104 Å². The first-order chi connectivity index (χ1) is 8.34. The minimum Gasteiger partial charge on any atom is -0.315 e. The summed E-state index contributed by atoms with van der Waals surface area (Å²) in [6, 6.07) is 8.68. The van der Waals surface area contributed by atoms with Crippen LogP contribution < -0.4 is 5.32 Å². The van der Waals surface area contributed by atoms with Gasteiger partial charge in [0.1, 0.15) is 0 Å². The summed E-state index contributed by atoms with van der Waals surface area (Å²) in [5, 5.41) is 3.43. The molecule has 92 valence electrons. The highest BCUT2D eigenvalue weighted by Gasteiger charge is 2.05.